The normalized spacial score (nSPS) is 13.1. The van der Waals surface area contributed by atoms with E-state index >= 15 is 0 Å². The van der Waals surface area contributed by atoms with Gasteiger partial charge in [-0.1, -0.05) is 65.3 Å². The Morgan fingerprint density at radius 3 is 2.48 bits per heavy atom. The molecule has 1 unspecified atom stereocenters. The Morgan fingerprint density at radius 1 is 1.14 bits per heavy atom. The molecule has 5 heteroatoms. The zero-order chi connectivity index (χ0) is 15.1. The summed E-state index contributed by atoms with van der Waals surface area (Å²) < 4.78 is 0. The topological polar surface area (TPSA) is 70.6 Å². The summed E-state index contributed by atoms with van der Waals surface area (Å²) in [7, 11) is 0. The largest absolute Gasteiger partial charge is 0.409 e. The van der Waals surface area contributed by atoms with Gasteiger partial charge in [0.25, 0.3) is 0 Å². The van der Waals surface area contributed by atoms with Gasteiger partial charge in [-0.15, -0.1) is 0 Å². The average molecular weight is 304 g/mol. The number of oxime groups is 1. The summed E-state index contributed by atoms with van der Waals surface area (Å²) >= 11 is 6.16. The minimum Gasteiger partial charge on any atom is -0.409 e. The third-order valence-corrected chi connectivity index (χ3v) is 3.61. The SMILES string of the molecule is NC(CC(NCc1ccccc1Cl)c1ccccc1)=NO. The zero-order valence-electron chi connectivity index (χ0n) is 11.5. The van der Waals surface area contributed by atoms with Gasteiger partial charge in [0.2, 0.25) is 0 Å². The smallest absolute Gasteiger partial charge is 0.141 e. The molecule has 0 aliphatic rings. The molecular weight excluding hydrogens is 286 g/mol. The van der Waals surface area contributed by atoms with E-state index in [-0.39, 0.29) is 11.9 Å². The van der Waals surface area contributed by atoms with Gasteiger partial charge < -0.3 is 16.3 Å². The highest BCUT2D eigenvalue weighted by atomic mass is 35.5. The highest BCUT2D eigenvalue weighted by molar-refractivity contribution is 6.31. The molecule has 4 nitrogen and oxygen atoms in total. The first-order chi connectivity index (χ1) is 10.2. The molecule has 1 atom stereocenters. The predicted octanol–water partition coefficient (Wildman–Crippen LogP) is 3.31. The van der Waals surface area contributed by atoms with Crippen molar-refractivity contribution < 1.29 is 5.21 Å². The first kappa shape index (κ1) is 15.4. The summed E-state index contributed by atoms with van der Waals surface area (Å²) in [6.07, 6.45) is 0.422. The second-order valence-corrected chi connectivity index (χ2v) is 5.14. The molecule has 0 fully saturated rings. The Labute approximate surface area is 129 Å². The molecule has 0 heterocycles. The van der Waals surface area contributed by atoms with Crippen LogP contribution in [0.15, 0.2) is 59.8 Å². The maximum absolute atomic E-state index is 8.77. The molecule has 0 saturated carbocycles. The van der Waals surface area contributed by atoms with Crippen molar-refractivity contribution in [3.63, 3.8) is 0 Å². The molecule has 2 rings (SSSR count). The van der Waals surface area contributed by atoms with Gasteiger partial charge in [-0.3, -0.25) is 0 Å². The fourth-order valence-electron chi connectivity index (χ4n) is 2.12. The third-order valence-electron chi connectivity index (χ3n) is 3.24. The average Bonchev–Trinajstić information content (AvgIpc) is 2.53. The van der Waals surface area contributed by atoms with Gasteiger partial charge >= 0.3 is 0 Å². The van der Waals surface area contributed by atoms with E-state index < -0.39 is 0 Å². The Morgan fingerprint density at radius 2 is 1.81 bits per heavy atom. The maximum Gasteiger partial charge on any atom is 0.141 e. The fraction of sp³-hybridized carbons (Fsp3) is 0.188. The van der Waals surface area contributed by atoms with Crippen molar-refractivity contribution in [2.45, 2.75) is 19.0 Å². The summed E-state index contributed by atoms with van der Waals surface area (Å²) in [5.74, 6) is 0.190. The highest BCUT2D eigenvalue weighted by Gasteiger charge is 2.13. The highest BCUT2D eigenvalue weighted by Crippen LogP contribution is 2.20. The Bertz CT molecular complexity index is 601. The number of halogens is 1. The molecule has 0 saturated heterocycles. The lowest BCUT2D eigenvalue weighted by Crippen LogP contribution is -2.26. The Hall–Kier alpha value is -2.04. The predicted molar refractivity (Wildman–Crippen MR) is 85.5 cm³/mol. The fourth-order valence-corrected chi connectivity index (χ4v) is 2.32. The van der Waals surface area contributed by atoms with Crippen LogP contribution in [0.3, 0.4) is 0 Å². The standard InChI is InChI=1S/C16H18ClN3O/c17-14-9-5-4-8-13(14)11-19-15(10-16(18)20-21)12-6-2-1-3-7-12/h1-9,15,19,21H,10-11H2,(H2,18,20). The van der Waals surface area contributed by atoms with Crippen LogP contribution in [-0.4, -0.2) is 11.0 Å². The van der Waals surface area contributed by atoms with Crippen molar-refractivity contribution in [2.75, 3.05) is 0 Å². The van der Waals surface area contributed by atoms with Crippen molar-refractivity contribution in [3.05, 3.63) is 70.7 Å². The van der Waals surface area contributed by atoms with Gasteiger partial charge in [0.1, 0.15) is 5.84 Å². The van der Waals surface area contributed by atoms with Crippen LogP contribution in [0.1, 0.15) is 23.6 Å². The van der Waals surface area contributed by atoms with Crippen molar-refractivity contribution >= 4 is 17.4 Å². The van der Waals surface area contributed by atoms with Crippen LogP contribution in [0.2, 0.25) is 5.02 Å². The molecular formula is C16H18ClN3O. The first-order valence-electron chi connectivity index (χ1n) is 6.69. The van der Waals surface area contributed by atoms with E-state index in [0.29, 0.717) is 13.0 Å². The van der Waals surface area contributed by atoms with Gasteiger partial charge in [0.15, 0.2) is 0 Å². The van der Waals surface area contributed by atoms with Crippen LogP contribution >= 0.6 is 11.6 Å². The molecule has 110 valence electrons. The zero-order valence-corrected chi connectivity index (χ0v) is 12.3. The van der Waals surface area contributed by atoms with Crippen LogP contribution in [0.4, 0.5) is 0 Å². The Kier molecular flexibility index (Phi) is 5.60. The van der Waals surface area contributed by atoms with E-state index in [0.717, 1.165) is 16.1 Å². The molecule has 0 radical (unpaired) electrons. The van der Waals surface area contributed by atoms with Crippen molar-refractivity contribution in [1.29, 1.82) is 0 Å². The number of amidine groups is 1. The molecule has 0 aliphatic carbocycles. The number of nitrogens with zero attached hydrogens (tertiary/aromatic N) is 1. The van der Waals surface area contributed by atoms with Crippen molar-refractivity contribution in [1.82, 2.24) is 5.32 Å². The number of hydrogen-bond acceptors (Lipinski definition) is 3. The summed E-state index contributed by atoms with van der Waals surface area (Å²) in [4.78, 5) is 0. The molecule has 0 aliphatic heterocycles. The minimum atomic E-state index is -0.0432. The molecule has 2 aromatic rings. The van der Waals surface area contributed by atoms with Crippen LogP contribution in [0.25, 0.3) is 0 Å². The number of nitrogens with two attached hydrogens (primary N) is 1. The van der Waals surface area contributed by atoms with Gasteiger partial charge in [0.05, 0.1) is 0 Å². The lowest BCUT2D eigenvalue weighted by atomic mass is 10.0. The lowest BCUT2D eigenvalue weighted by Gasteiger charge is -2.19. The van der Waals surface area contributed by atoms with Gasteiger partial charge in [0, 0.05) is 24.0 Å². The van der Waals surface area contributed by atoms with Crippen LogP contribution in [0, 0.1) is 0 Å². The summed E-state index contributed by atoms with van der Waals surface area (Å²) in [5.41, 5.74) is 7.74. The lowest BCUT2D eigenvalue weighted by molar-refractivity contribution is 0.315. The summed E-state index contributed by atoms with van der Waals surface area (Å²) in [6.45, 7) is 0.609. The van der Waals surface area contributed by atoms with Crippen molar-refractivity contribution in [2.24, 2.45) is 10.9 Å². The summed E-state index contributed by atoms with van der Waals surface area (Å²) in [5, 5.41) is 16.0. The van der Waals surface area contributed by atoms with Crippen LogP contribution < -0.4 is 11.1 Å². The molecule has 0 bridgehead atoms. The van der Waals surface area contributed by atoms with Gasteiger partial charge in [-0.05, 0) is 17.2 Å². The third kappa shape index (κ3) is 4.48. The monoisotopic (exact) mass is 303 g/mol. The molecule has 0 amide bonds. The second kappa shape index (κ2) is 7.67. The number of rotatable bonds is 6. The molecule has 2 aromatic carbocycles. The number of hydrogen-bond donors (Lipinski definition) is 3. The van der Waals surface area contributed by atoms with Crippen molar-refractivity contribution in [3.8, 4) is 0 Å². The van der Waals surface area contributed by atoms with Crippen LogP contribution in [0.5, 0.6) is 0 Å². The van der Waals surface area contributed by atoms with E-state index in [1.165, 1.54) is 0 Å². The van der Waals surface area contributed by atoms with Crippen LogP contribution in [-0.2, 0) is 6.54 Å². The number of nitrogens with one attached hydrogen (secondary N) is 1. The summed E-state index contributed by atoms with van der Waals surface area (Å²) in [6, 6.07) is 17.5. The molecule has 0 spiro atoms. The van der Waals surface area contributed by atoms with E-state index in [1.807, 2.05) is 54.6 Å². The molecule has 21 heavy (non-hydrogen) atoms. The molecule has 0 aromatic heterocycles. The first-order valence-corrected chi connectivity index (χ1v) is 7.06. The minimum absolute atomic E-state index is 0.0432. The molecule has 4 N–H and O–H groups in total. The second-order valence-electron chi connectivity index (χ2n) is 4.73. The maximum atomic E-state index is 8.77. The van der Waals surface area contributed by atoms with E-state index in [2.05, 4.69) is 10.5 Å². The number of benzene rings is 2. The Balaban J connectivity index is 2.11. The van der Waals surface area contributed by atoms with E-state index in [9.17, 15) is 0 Å². The quantitative estimate of drug-likeness (QED) is 0.332. The van der Waals surface area contributed by atoms with Gasteiger partial charge in [-0.2, -0.15) is 0 Å². The van der Waals surface area contributed by atoms with E-state index in [4.69, 9.17) is 22.5 Å². The van der Waals surface area contributed by atoms with Gasteiger partial charge in [-0.25, -0.2) is 0 Å². The van der Waals surface area contributed by atoms with E-state index in [1.54, 1.807) is 0 Å².